The second-order valence-electron chi connectivity index (χ2n) is 2.54. The Labute approximate surface area is 55.8 Å². The molecule has 0 aliphatic heterocycles. The second kappa shape index (κ2) is 3.18. The van der Waals surface area contributed by atoms with Crippen LogP contribution in [0.25, 0.3) is 0 Å². The lowest BCUT2D eigenvalue weighted by molar-refractivity contribution is 0.0561. The summed E-state index contributed by atoms with van der Waals surface area (Å²) in [4.78, 5) is 0. The third-order valence-corrected chi connectivity index (χ3v) is 1.76. The maximum atomic E-state index is 9.05. The van der Waals surface area contributed by atoms with E-state index in [4.69, 9.17) is 9.84 Å². The van der Waals surface area contributed by atoms with Gasteiger partial charge in [-0.25, -0.2) is 0 Å². The molecule has 0 saturated heterocycles. The van der Waals surface area contributed by atoms with E-state index >= 15 is 0 Å². The molecule has 9 heavy (non-hydrogen) atoms. The van der Waals surface area contributed by atoms with Gasteiger partial charge in [0.25, 0.3) is 0 Å². The smallest absolute Gasteiger partial charge is 0.0600 e. The van der Waals surface area contributed by atoms with Crippen LogP contribution in [0.1, 0.15) is 26.2 Å². The molecule has 2 nitrogen and oxygen atoms in total. The summed E-state index contributed by atoms with van der Waals surface area (Å²) in [6, 6.07) is 0. The summed E-state index contributed by atoms with van der Waals surface area (Å²) in [5.74, 6) is 0. The third kappa shape index (κ3) is 1.95. The van der Waals surface area contributed by atoms with Crippen molar-refractivity contribution in [3.8, 4) is 0 Å². The standard InChI is InChI=1S/C7H14O2/c1-2-9-7-4-3-6(8)5-7/h6-8H,2-5H2,1H3/t6-,7?/m1/s1. The molecule has 1 N–H and O–H groups in total. The Kier molecular flexibility index (Phi) is 2.49. The van der Waals surface area contributed by atoms with Crippen LogP contribution in [0.4, 0.5) is 0 Å². The van der Waals surface area contributed by atoms with Gasteiger partial charge < -0.3 is 9.84 Å². The molecular weight excluding hydrogens is 116 g/mol. The summed E-state index contributed by atoms with van der Waals surface area (Å²) >= 11 is 0. The van der Waals surface area contributed by atoms with Gasteiger partial charge in [0.2, 0.25) is 0 Å². The van der Waals surface area contributed by atoms with Gasteiger partial charge in [-0.3, -0.25) is 0 Å². The molecule has 1 aliphatic rings. The summed E-state index contributed by atoms with van der Waals surface area (Å²) in [5.41, 5.74) is 0. The maximum absolute atomic E-state index is 9.05. The van der Waals surface area contributed by atoms with Crippen LogP contribution >= 0.6 is 0 Å². The molecule has 0 aromatic rings. The molecule has 54 valence electrons. The minimum absolute atomic E-state index is 0.0958. The van der Waals surface area contributed by atoms with E-state index in [0.717, 1.165) is 25.9 Å². The summed E-state index contributed by atoms with van der Waals surface area (Å²) < 4.78 is 5.31. The van der Waals surface area contributed by atoms with Crippen LogP contribution in [0, 0.1) is 0 Å². The normalized spacial score (nSPS) is 35.3. The molecule has 0 radical (unpaired) electrons. The number of hydrogen-bond donors (Lipinski definition) is 1. The molecule has 0 spiro atoms. The van der Waals surface area contributed by atoms with E-state index < -0.39 is 0 Å². The second-order valence-corrected chi connectivity index (χ2v) is 2.54. The lowest BCUT2D eigenvalue weighted by Gasteiger charge is -2.07. The molecule has 1 rings (SSSR count). The van der Waals surface area contributed by atoms with Crippen molar-refractivity contribution >= 4 is 0 Å². The minimum Gasteiger partial charge on any atom is -0.393 e. The zero-order chi connectivity index (χ0) is 6.69. The largest absolute Gasteiger partial charge is 0.393 e. The number of hydrogen-bond acceptors (Lipinski definition) is 2. The highest BCUT2D eigenvalue weighted by molar-refractivity contribution is 4.74. The fourth-order valence-electron chi connectivity index (χ4n) is 1.30. The Morgan fingerprint density at radius 2 is 2.33 bits per heavy atom. The van der Waals surface area contributed by atoms with Gasteiger partial charge >= 0.3 is 0 Å². The first kappa shape index (κ1) is 7.03. The van der Waals surface area contributed by atoms with Crippen molar-refractivity contribution in [2.45, 2.75) is 38.4 Å². The van der Waals surface area contributed by atoms with Gasteiger partial charge in [0, 0.05) is 6.61 Å². The lowest BCUT2D eigenvalue weighted by atomic mass is 10.3. The van der Waals surface area contributed by atoms with Crippen LogP contribution in [0.5, 0.6) is 0 Å². The van der Waals surface area contributed by atoms with E-state index in [1.807, 2.05) is 6.92 Å². The fourth-order valence-corrected chi connectivity index (χ4v) is 1.30. The van der Waals surface area contributed by atoms with Gasteiger partial charge in [-0.05, 0) is 26.2 Å². The van der Waals surface area contributed by atoms with E-state index in [1.54, 1.807) is 0 Å². The molecule has 0 heterocycles. The first-order chi connectivity index (χ1) is 4.33. The lowest BCUT2D eigenvalue weighted by Crippen LogP contribution is -2.09. The van der Waals surface area contributed by atoms with Crippen LogP contribution in [-0.2, 0) is 4.74 Å². The topological polar surface area (TPSA) is 29.5 Å². The number of ether oxygens (including phenoxy) is 1. The van der Waals surface area contributed by atoms with Crippen molar-refractivity contribution in [3.63, 3.8) is 0 Å². The first-order valence-corrected chi connectivity index (χ1v) is 3.62. The van der Waals surface area contributed by atoms with Crippen LogP contribution in [0.2, 0.25) is 0 Å². The Hall–Kier alpha value is -0.0800. The minimum atomic E-state index is -0.0958. The van der Waals surface area contributed by atoms with Gasteiger partial charge in [0.05, 0.1) is 12.2 Å². The van der Waals surface area contributed by atoms with Crippen molar-refractivity contribution in [2.75, 3.05) is 6.61 Å². The van der Waals surface area contributed by atoms with Crippen molar-refractivity contribution in [1.29, 1.82) is 0 Å². The van der Waals surface area contributed by atoms with Gasteiger partial charge in [-0.15, -0.1) is 0 Å². The van der Waals surface area contributed by atoms with E-state index in [-0.39, 0.29) is 6.10 Å². The zero-order valence-corrected chi connectivity index (χ0v) is 5.84. The molecule has 0 aromatic heterocycles. The van der Waals surface area contributed by atoms with Crippen LogP contribution in [-0.4, -0.2) is 23.9 Å². The predicted octanol–water partition coefficient (Wildman–Crippen LogP) is 0.936. The van der Waals surface area contributed by atoms with Crippen molar-refractivity contribution in [2.24, 2.45) is 0 Å². The summed E-state index contributed by atoms with van der Waals surface area (Å²) in [7, 11) is 0. The van der Waals surface area contributed by atoms with Crippen LogP contribution in [0.3, 0.4) is 0 Å². The third-order valence-electron chi connectivity index (χ3n) is 1.76. The molecule has 0 amide bonds. The average Bonchev–Trinajstić information content (AvgIpc) is 2.17. The maximum Gasteiger partial charge on any atom is 0.0600 e. The van der Waals surface area contributed by atoms with Crippen molar-refractivity contribution in [1.82, 2.24) is 0 Å². The fraction of sp³-hybridized carbons (Fsp3) is 1.00. The van der Waals surface area contributed by atoms with Gasteiger partial charge in [-0.2, -0.15) is 0 Å². The van der Waals surface area contributed by atoms with Crippen molar-refractivity contribution in [3.05, 3.63) is 0 Å². The number of aliphatic hydroxyl groups is 1. The monoisotopic (exact) mass is 130 g/mol. The Morgan fingerprint density at radius 3 is 2.78 bits per heavy atom. The van der Waals surface area contributed by atoms with Gasteiger partial charge in [0.1, 0.15) is 0 Å². The van der Waals surface area contributed by atoms with Gasteiger partial charge in [-0.1, -0.05) is 0 Å². The zero-order valence-electron chi connectivity index (χ0n) is 5.84. The molecule has 0 aromatic carbocycles. The van der Waals surface area contributed by atoms with E-state index in [0.29, 0.717) is 6.10 Å². The molecule has 1 aliphatic carbocycles. The molecule has 1 saturated carbocycles. The SMILES string of the molecule is CCOC1CC[C@@H](O)C1. The molecular formula is C7H14O2. The number of rotatable bonds is 2. The van der Waals surface area contributed by atoms with Crippen molar-refractivity contribution < 1.29 is 9.84 Å². The van der Waals surface area contributed by atoms with Crippen LogP contribution < -0.4 is 0 Å². The Bertz CT molecular complexity index is 81.0. The Balaban J connectivity index is 2.14. The first-order valence-electron chi connectivity index (χ1n) is 3.62. The molecule has 1 unspecified atom stereocenters. The highest BCUT2D eigenvalue weighted by Gasteiger charge is 2.22. The number of aliphatic hydroxyl groups excluding tert-OH is 1. The van der Waals surface area contributed by atoms with E-state index in [9.17, 15) is 0 Å². The van der Waals surface area contributed by atoms with Gasteiger partial charge in [0.15, 0.2) is 0 Å². The highest BCUT2D eigenvalue weighted by Crippen LogP contribution is 2.21. The quantitative estimate of drug-likeness (QED) is 0.602. The average molecular weight is 130 g/mol. The Morgan fingerprint density at radius 1 is 1.56 bits per heavy atom. The molecule has 2 atom stereocenters. The van der Waals surface area contributed by atoms with Crippen LogP contribution in [0.15, 0.2) is 0 Å². The van der Waals surface area contributed by atoms with E-state index in [2.05, 4.69) is 0 Å². The highest BCUT2D eigenvalue weighted by atomic mass is 16.5. The molecule has 2 heteroatoms. The summed E-state index contributed by atoms with van der Waals surface area (Å²) in [6.07, 6.45) is 3.04. The predicted molar refractivity (Wildman–Crippen MR) is 35.3 cm³/mol. The molecule has 1 fully saturated rings. The summed E-state index contributed by atoms with van der Waals surface area (Å²) in [5, 5.41) is 9.05. The molecule has 0 bridgehead atoms. The summed E-state index contributed by atoms with van der Waals surface area (Å²) in [6.45, 7) is 2.77. The van der Waals surface area contributed by atoms with E-state index in [1.165, 1.54) is 0 Å².